The van der Waals surface area contributed by atoms with Gasteiger partial charge in [0.15, 0.2) is 0 Å². The van der Waals surface area contributed by atoms with Gasteiger partial charge >= 0.3 is 0 Å². The maximum atomic E-state index is 12.8. The number of amides is 1. The van der Waals surface area contributed by atoms with Crippen molar-refractivity contribution < 1.29 is 32.9 Å². The summed E-state index contributed by atoms with van der Waals surface area (Å²) in [7, 11) is 1.31. The fraction of sp³-hybridized carbons (Fsp3) is 0.976. The van der Waals surface area contributed by atoms with Crippen molar-refractivity contribution in [2.75, 3.05) is 40.9 Å². The summed E-state index contributed by atoms with van der Waals surface area (Å²) in [5, 5.41) is 13.8. The first-order valence-corrected chi connectivity index (χ1v) is 23.3. The summed E-state index contributed by atoms with van der Waals surface area (Å²) in [4.78, 5) is 25.2. The number of likely N-dealkylation sites (N-methyl/N-ethyl adjacent to an activating group) is 1. The zero-order valence-electron chi connectivity index (χ0n) is 34.6. The Morgan fingerprint density at radius 1 is 0.608 bits per heavy atom. The molecule has 0 saturated carbocycles. The third-order valence-corrected chi connectivity index (χ3v) is 11.1. The van der Waals surface area contributed by atoms with Crippen molar-refractivity contribution in [2.24, 2.45) is 0 Å². The van der Waals surface area contributed by atoms with Crippen molar-refractivity contribution in [1.82, 2.24) is 5.32 Å². The molecule has 0 fully saturated rings. The highest BCUT2D eigenvalue weighted by Crippen LogP contribution is 2.38. The lowest BCUT2D eigenvalue weighted by molar-refractivity contribution is -0.870. The molecule has 0 aliphatic rings. The molecule has 0 radical (unpaired) electrons. The van der Waals surface area contributed by atoms with E-state index in [0.717, 1.165) is 38.5 Å². The second-order valence-electron chi connectivity index (χ2n) is 16.4. The molecule has 0 spiro atoms. The predicted molar refractivity (Wildman–Crippen MR) is 215 cm³/mol. The number of unbranched alkanes of at least 4 members (excludes halogenated alkanes) is 27. The van der Waals surface area contributed by atoms with E-state index >= 15 is 0 Å². The fourth-order valence-corrected chi connectivity index (χ4v) is 7.29. The van der Waals surface area contributed by atoms with Crippen molar-refractivity contribution in [1.29, 1.82) is 0 Å². The first-order valence-electron chi connectivity index (χ1n) is 21.9. The van der Waals surface area contributed by atoms with Crippen LogP contribution in [0.15, 0.2) is 0 Å². The van der Waals surface area contributed by atoms with Gasteiger partial charge in [-0.25, -0.2) is 0 Å². The highest BCUT2D eigenvalue weighted by atomic mass is 31.2. The van der Waals surface area contributed by atoms with Crippen LogP contribution in [0.1, 0.15) is 213 Å². The molecule has 0 saturated heterocycles. The van der Waals surface area contributed by atoms with E-state index in [0.29, 0.717) is 23.9 Å². The number of aliphatic hydroxyl groups is 1. The van der Waals surface area contributed by atoms with Crippen molar-refractivity contribution in [3.8, 4) is 0 Å². The first-order chi connectivity index (χ1) is 24.5. The molecule has 0 aromatic rings. The third-order valence-electron chi connectivity index (χ3n) is 10.1. The Morgan fingerprint density at radius 2 is 0.961 bits per heavy atom. The van der Waals surface area contributed by atoms with Crippen LogP contribution in [-0.2, 0) is 18.4 Å². The van der Waals surface area contributed by atoms with Gasteiger partial charge in [-0.2, -0.15) is 0 Å². The predicted octanol–water partition coefficient (Wildman–Crippen LogP) is 11.2. The molecule has 51 heavy (non-hydrogen) atoms. The van der Waals surface area contributed by atoms with Crippen molar-refractivity contribution in [3.63, 3.8) is 0 Å². The van der Waals surface area contributed by atoms with Gasteiger partial charge in [-0.05, 0) is 12.8 Å². The van der Waals surface area contributed by atoms with Crippen LogP contribution < -0.4 is 10.2 Å². The maximum Gasteiger partial charge on any atom is 0.268 e. The number of hydrogen-bond acceptors (Lipinski definition) is 6. The molecule has 306 valence electrons. The number of phosphoric acid groups is 1. The Labute approximate surface area is 317 Å². The molecular formula is C42H87N2O6P. The van der Waals surface area contributed by atoms with Gasteiger partial charge in [-0.3, -0.25) is 9.36 Å². The van der Waals surface area contributed by atoms with Crippen molar-refractivity contribution in [2.45, 2.75) is 225 Å². The molecule has 0 aliphatic heterocycles. The average Bonchev–Trinajstić information content (AvgIpc) is 3.07. The van der Waals surface area contributed by atoms with Crippen LogP contribution in [0.5, 0.6) is 0 Å². The normalized spacial score (nSPS) is 14.4. The number of carbonyl (C=O) groups excluding carboxylic acids is 1. The smallest absolute Gasteiger partial charge is 0.268 e. The summed E-state index contributed by atoms with van der Waals surface area (Å²) in [5.74, 6) is -0.163. The Morgan fingerprint density at radius 3 is 1.33 bits per heavy atom. The molecule has 0 aromatic carbocycles. The standard InChI is InChI=1S/C42H87N2O6P/c1-6-8-10-12-14-16-17-18-19-20-21-22-23-24-25-26-28-30-32-34-36-42(46)43-40(39-50-51(47,48)49-38-37-44(3,4)5)41(45)35-33-31-29-27-15-13-11-9-7-2/h40-41,45H,6-39H2,1-5H3,(H-,43,46,47,48)/t40-,41+/m0/s1. The summed E-state index contributed by atoms with van der Waals surface area (Å²) >= 11 is 0. The van der Waals surface area contributed by atoms with Gasteiger partial charge in [0.2, 0.25) is 5.91 Å². The van der Waals surface area contributed by atoms with Gasteiger partial charge in [0.1, 0.15) is 13.2 Å². The minimum atomic E-state index is -4.55. The SMILES string of the molecule is CCCCCCCCCCCCCCCCCCCCCCC(=O)N[C@@H](COP(=O)([O-])OCC[N+](C)(C)C)[C@H](O)CCCCCCCCCCC. The minimum Gasteiger partial charge on any atom is -0.756 e. The number of rotatable bonds is 40. The monoisotopic (exact) mass is 747 g/mol. The quantitative estimate of drug-likeness (QED) is 0.0367. The van der Waals surface area contributed by atoms with Crippen molar-refractivity contribution >= 4 is 13.7 Å². The Hall–Kier alpha value is -0.500. The second kappa shape index (κ2) is 35.2. The van der Waals surface area contributed by atoms with Crippen LogP contribution in [0, 0.1) is 0 Å². The Bertz CT molecular complexity index is 809. The van der Waals surface area contributed by atoms with Gasteiger partial charge in [-0.15, -0.1) is 0 Å². The lowest BCUT2D eigenvalue weighted by Crippen LogP contribution is -2.46. The van der Waals surface area contributed by atoms with Gasteiger partial charge in [0, 0.05) is 6.42 Å². The number of nitrogens with one attached hydrogen (secondary N) is 1. The topological polar surface area (TPSA) is 108 Å². The molecule has 1 unspecified atom stereocenters. The van der Waals surface area contributed by atoms with Crippen LogP contribution in [-0.4, -0.2) is 68.5 Å². The summed E-state index contributed by atoms with van der Waals surface area (Å²) in [6.45, 7) is 4.71. The number of carbonyl (C=O) groups is 1. The van der Waals surface area contributed by atoms with E-state index in [2.05, 4.69) is 19.2 Å². The van der Waals surface area contributed by atoms with Crippen LogP contribution in [0.25, 0.3) is 0 Å². The van der Waals surface area contributed by atoms with E-state index in [4.69, 9.17) is 9.05 Å². The van der Waals surface area contributed by atoms with E-state index in [1.807, 2.05) is 21.1 Å². The Balaban J connectivity index is 4.19. The maximum absolute atomic E-state index is 12.8. The van der Waals surface area contributed by atoms with Crippen LogP contribution in [0.4, 0.5) is 0 Å². The molecule has 9 heteroatoms. The number of quaternary nitrogens is 1. The zero-order valence-corrected chi connectivity index (χ0v) is 35.5. The third kappa shape index (κ3) is 37.6. The largest absolute Gasteiger partial charge is 0.756 e. The molecule has 0 heterocycles. The molecule has 2 N–H and O–H groups in total. The van der Waals surface area contributed by atoms with Crippen LogP contribution in [0.3, 0.4) is 0 Å². The van der Waals surface area contributed by atoms with Gasteiger partial charge in [-0.1, -0.05) is 194 Å². The van der Waals surface area contributed by atoms with Gasteiger partial charge < -0.3 is 28.8 Å². The molecule has 0 aromatic heterocycles. The summed E-state index contributed by atoms with van der Waals surface area (Å²) in [6.07, 6.45) is 36.8. The zero-order chi connectivity index (χ0) is 37.9. The molecule has 3 atom stereocenters. The number of nitrogens with zero attached hydrogens (tertiary/aromatic N) is 1. The van der Waals surface area contributed by atoms with Crippen molar-refractivity contribution in [3.05, 3.63) is 0 Å². The molecule has 1 amide bonds. The number of hydrogen-bond donors (Lipinski definition) is 2. The summed E-state index contributed by atoms with van der Waals surface area (Å²) in [6, 6.07) is -0.791. The van der Waals surface area contributed by atoms with E-state index in [9.17, 15) is 19.4 Å². The minimum absolute atomic E-state index is 0.0156. The molecule has 0 rings (SSSR count). The number of aliphatic hydroxyl groups excluding tert-OH is 1. The van der Waals surface area contributed by atoms with Crippen LogP contribution in [0.2, 0.25) is 0 Å². The number of phosphoric ester groups is 1. The van der Waals surface area contributed by atoms with E-state index in [1.165, 1.54) is 148 Å². The molecular weight excluding hydrogens is 659 g/mol. The summed E-state index contributed by atoms with van der Waals surface area (Å²) < 4.78 is 23.2. The highest BCUT2D eigenvalue weighted by molar-refractivity contribution is 7.45. The summed E-state index contributed by atoms with van der Waals surface area (Å²) in [5.41, 5.74) is 0. The lowest BCUT2D eigenvalue weighted by Gasteiger charge is -2.30. The first kappa shape index (κ1) is 50.5. The Kier molecular flexibility index (Phi) is 34.9. The van der Waals surface area contributed by atoms with Crippen LogP contribution >= 0.6 is 7.82 Å². The fourth-order valence-electron chi connectivity index (χ4n) is 6.57. The van der Waals surface area contributed by atoms with Gasteiger partial charge in [0.05, 0.1) is 39.9 Å². The molecule has 0 aliphatic carbocycles. The molecule has 8 nitrogen and oxygen atoms in total. The average molecular weight is 747 g/mol. The second-order valence-corrected chi connectivity index (χ2v) is 17.8. The van der Waals surface area contributed by atoms with E-state index in [-0.39, 0.29) is 19.1 Å². The lowest BCUT2D eigenvalue weighted by atomic mass is 10.0. The van der Waals surface area contributed by atoms with E-state index in [1.54, 1.807) is 0 Å². The highest BCUT2D eigenvalue weighted by Gasteiger charge is 2.24. The van der Waals surface area contributed by atoms with Gasteiger partial charge in [0.25, 0.3) is 7.82 Å². The van der Waals surface area contributed by atoms with E-state index < -0.39 is 20.0 Å². The molecule has 0 bridgehead atoms.